The van der Waals surface area contributed by atoms with Crippen molar-refractivity contribution in [2.75, 3.05) is 19.3 Å². The van der Waals surface area contributed by atoms with Crippen LogP contribution in [0.2, 0.25) is 5.02 Å². The van der Waals surface area contributed by atoms with Gasteiger partial charge in [0.1, 0.15) is 0 Å². The Labute approximate surface area is 144 Å². The van der Waals surface area contributed by atoms with Gasteiger partial charge in [0.15, 0.2) is 0 Å². The molecule has 1 N–H and O–H groups in total. The summed E-state index contributed by atoms with van der Waals surface area (Å²) in [7, 11) is -3.35. The van der Waals surface area contributed by atoms with Crippen LogP contribution in [0.25, 0.3) is 0 Å². The van der Waals surface area contributed by atoms with E-state index in [1.165, 1.54) is 4.31 Å². The van der Waals surface area contributed by atoms with E-state index in [9.17, 15) is 13.2 Å². The number of rotatable bonds is 9. The third kappa shape index (κ3) is 7.81. The quantitative estimate of drug-likeness (QED) is 0.735. The molecule has 0 fully saturated rings. The highest BCUT2D eigenvalue weighted by atomic mass is 35.5. The van der Waals surface area contributed by atoms with Gasteiger partial charge >= 0.3 is 0 Å². The van der Waals surface area contributed by atoms with Gasteiger partial charge in [-0.1, -0.05) is 30.7 Å². The topological polar surface area (TPSA) is 66.5 Å². The molecule has 0 heterocycles. The molecule has 0 aromatic heterocycles. The Kier molecular flexibility index (Phi) is 8.02. The Morgan fingerprint density at radius 3 is 2.61 bits per heavy atom. The minimum atomic E-state index is -3.35. The van der Waals surface area contributed by atoms with Crippen molar-refractivity contribution in [1.29, 1.82) is 0 Å². The summed E-state index contributed by atoms with van der Waals surface area (Å²) in [5, 5.41) is 3.47. The molecule has 130 valence electrons. The molecule has 1 rings (SSSR count). The molecule has 0 aliphatic rings. The SMILES string of the molecule is CCC(C)NC(=O)CCN(CCc1cccc(Cl)c1)S(C)(=O)=O. The van der Waals surface area contributed by atoms with Crippen molar-refractivity contribution >= 4 is 27.5 Å². The molecule has 0 saturated heterocycles. The molecule has 0 saturated carbocycles. The molecule has 0 radical (unpaired) electrons. The fourth-order valence-electron chi connectivity index (χ4n) is 2.07. The lowest BCUT2D eigenvalue weighted by Crippen LogP contribution is -2.38. The predicted molar refractivity (Wildman–Crippen MR) is 94.1 cm³/mol. The fourth-order valence-corrected chi connectivity index (χ4v) is 3.12. The van der Waals surface area contributed by atoms with E-state index in [0.29, 0.717) is 18.0 Å². The first-order chi connectivity index (χ1) is 10.7. The van der Waals surface area contributed by atoms with Crippen molar-refractivity contribution in [3.05, 3.63) is 34.9 Å². The van der Waals surface area contributed by atoms with Gasteiger partial charge in [0.05, 0.1) is 6.26 Å². The number of nitrogens with one attached hydrogen (secondary N) is 1. The number of carbonyl (C=O) groups excluding carboxylic acids is 1. The minimum absolute atomic E-state index is 0.0978. The monoisotopic (exact) mass is 360 g/mol. The summed E-state index contributed by atoms with van der Waals surface area (Å²) in [5.74, 6) is -0.129. The van der Waals surface area contributed by atoms with E-state index in [1.54, 1.807) is 6.07 Å². The Balaban J connectivity index is 2.58. The zero-order valence-electron chi connectivity index (χ0n) is 13.9. The highest BCUT2D eigenvalue weighted by Crippen LogP contribution is 2.12. The van der Waals surface area contributed by atoms with E-state index in [0.717, 1.165) is 18.2 Å². The van der Waals surface area contributed by atoms with E-state index < -0.39 is 10.0 Å². The maximum Gasteiger partial charge on any atom is 0.221 e. The lowest BCUT2D eigenvalue weighted by Gasteiger charge is -2.20. The van der Waals surface area contributed by atoms with Gasteiger partial charge in [-0.15, -0.1) is 0 Å². The van der Waals surface area contributed by atoms with Crippen molar-refractivity contribution < 1.29 is 13.2 Å². The zero-order valence-corrected chi connectivity index (χ0v) is 15.5. The molecule has 23 heavy (non-hydrogen) atoms. The Morgan fingerprint density at radius 2 is 2.04 bits per heavy atom. The second kappa shape index (κ2) is 9.25. The Bertz CT molecular complexity index is 620. The summed E-state index contributed by atoms with van der Waals surface area (Å²) in [5.41, 5.74) is 0.968. The first-order valence-corrected chi connectivity index (χ1v) is 9.94. The molecule has 0 aliphatic carbocycles. The molecule has 1 unspecified atom stereocenters. The third-order valence-electron chi connectivity index (χ3n) is 3.62. The van der Waals surface area contributed by atoms with Crippen LogP contribution in [0.1, 0.15) is 32.3 Å². The zero-order chi connectivity index (χ0) is 17.5. The maximum absolute atomic E-state index is 11.9. The first kappa shape index (κ1) is 19.9. The lowest BCUT2D eigenvalue weighted by atomic mass is 10.1. The van der Waals surface area contributed by atoms with Gasteiger partial charge in [-0.25, -0.2) is 12.7 Å². The molecule has 1 atom stereocenters. The third-order valence-corrected chi connectivity index (χ3v) is 5.15. The van der Waals surface area contributed by atoms with Crippen LogP contribution >= 0.6 is 11.6 Å². The van der Waals surface area contributed by atoms with Gasteiger partial charge in [0, 0.05) is 30.6 Å². The smallest absolute Gasteiger partial charge is 0.221 e. The van der Waals surface area contributed by atoms with Gasteiger partial charge in [-0.2, -0.15) is 0 Å². The molecular formula is C16H25ClN2O3S. The number of benzene rings is 1. The summed E-state index contributed by atoms with van der Waals surface area (Å²) in [6.45, 7) is 4.42. The molecular weight excluding hydrogens is 336 g/mol. The summed E-state index contributed by atoms with van der Waals surface area (Å²) in [4.78, 5) is 11.8. The van der Waals surface area contributed by atoms with Crippen molar-refractivity contribution in [1.82, 2.24) is 9.62 Å². The number of amides is 1. The average molecular weight is 361 g/mol. The number of halogens is 1. The average Bonchev–Trinajstić information content (AvgIpc) is 2.45. The van der Waals surface area contributed by atoms with E-state index >= 15 is 0 Å². The summed E-state index contributed by atoms with van der Waals surface area (Å²) < 4.78 is 25.1. The maximum atomic E-state index is 11.9. The highest BCUT2D eigenvalue weighted by molar-refractivity contribution is 7.88. The molecule has 5 nitrogen and oxygen atoms in total. The van der Waals surface area contributed by atoms with E-state index in [1.807, 2.05) is 32.0 Å². The lowest BCUT2D eigenvalue weighted by molar-refractivity contribution is -0.121. The largest absolute Gasteiger partial charge is 0.354 e. The van der Waals surface area contributed by atoms with Gasteiger partial charge < -0.3 is 5.32 Å². The normalized spacial score (nSPS) is 13.1. The van der Waals surface area contributed by atoms with Gasteiger partial charge in [-0.05, 0) is 37.5 Å². The van der Waals surface area contributed by atoms with Crippen LogP contribution in [0.4, 0.5) is 0 Å². The standard InChI is InChI=1S/C16H25ClN2O3S/c1-4-13(2)18-16(20)9-11-19(23(3,21)22)10-8-14-6-5-7-15(17)12-14/h5-7,12-13H,4,8-11H2,1-3H3,(H,18,20). The summed E-state index contributed by atoms with van der Waals surface area (Å²) in [6, 6.07) is 7.43. The molecule has 1 aromatic carbocycles. The number of nitrogens with zero attached hydrogens (tertiary/aromatic N) is 1. The predicted octanol–water partition coefficient (Wildman–Crippen LogP) is 2.45. The van der Waals surface area contributed by atoms with Crippen LogP contribution in [0.3, 0.4) is 0 Å². The molecule has 1 aromatic rings. The van der Waals surface area contributed by atoms with Crippen LogP contribution < -0.4 is 5.32 Å². The molecule has 0 aliphatic heterocycles. The molecule has 0 bridgehead atoms. The van der Waals surface area contributed by atoms with E-state index in [4.69, 9.17) is 11.6 Å². The summed E-state index contributed by atoms with van der Waals surface area (Å²) >= 11 is 5.93. The molecule has 1 amide bonds. The molecule has 7 heteroatoms. The van der Waals surface area contributed by atoms with E-state index in [2.05, 4.69) is 5.32 Å². The second-order valence-electron chi connectivity index (χ2n) is 5.67. The highest BCUT2D eigenvalue weighted by Gasteiger charge is 2.18. The van der Waals surface area contributed by atoms with Crippen LogP contribution in [-0.2, 0) is 21.2 Å². The van der Waals surface area contributed by atoms with E-state index in [-0.39, 0.29) is 24.9 Å². The van der Waals surface area contributed by atoms with Crippen molar-refractivity contribution in [3.8, 4) is 0 Å². The fraction of sp³-hybridized carbons (Fsp3) is 0.562. The second-order valence-corrected chi connectivity index (χ2v) is 8.09. The molecule has 0 spiro atoms. The van der Waals surface area contributed by atoms with Gasteiger partial charge in [0.2, 0.25) is 15.9 Å². The van der Waals surface area contributed by atoms with Gasteiger partial charge in [0.25, 0.3) is 0 Å². The minimum Gasteiger partial charge on any atom is -0.354 e. The Hall–Kier alpha value is -1.11. The van der Waals surface area contributed by atoms with Crippen LogP contribution in [-0.4, -0.2) is 44.0 Å². The van der Waals surface area contributed by atoms with Crippen LogP contribution in [0.5, 0.6) is 0 Å². The van der Waals surface area contributed by atoms with Crippen molar-refractivity contribution in [2.24, 2.45) is 0 Å². The van der Waals surface area contributed by atoms with Crippen LogP contribution in [0.15, 0.2) is 24.3 Å². The number of sulfonamides is 1. The number of hydrogen-bond acceptors (Lipinski definition) is 3. The first-order valence-electron chi connectivity index (χ1n) is 7.71. The number of carbonyl (C=O) groups is 1. The van der Waals surface area contributed by atoms with Crippen molar-refractivity contribution in [2.45, 2.75) is 39.2 Å². The van der Waals surface area contributed by atoms with Gasteiger partial charge in [-0.3, -0.25) is 4.79 Å². The summed E-state index contributed by atoms with van der Waals surface area (Å²) in [6.07, 6.45) is 2.72. The van der Waals surface area contributed by atoms with Crippen molar-refractivity contribution in [3.63, 3.8) is 0 Å². The van der Waals surface area contributed by atoms with Crippen LogP contribution in [0, 0.1) is 0 Å². The number of hydrogen-bond donors (Lipinski definition) is 1. The Morgan fingerprint density at radius 1 is 1.35 bits per heavy atom.